The van der Waals surface area contributed by atoms with Crippen LogP contribution in [0.4, 0.5) is 0 Å². The highest BCUT2D eigenvalue weighted by Crippen LogP contribution is 2.38. The molecule has 156 valence electrons. The number of aromatic hydroxyl groups is 1. The van der Waals surface area contributed by atoms with Gasteiger partial charge in [0.2, 0.25) is 5.88 Å². The molecule has 1 atom stereocenters. The molecule has 0 fully saturated rings. The minimum Gasteiger partial charge on any atom is -0.494 e. The zero-order chi connectivity index (χ0) is 21.4. The molecule has 1 aliphatic heterocycles. The van der Waals surface area contributed by atoms with Crippen molar-refractivity contribution in [2.45, 2.75) is 12.5 Å². The lowest BCUT2D eigenvalue weighted by molar-refractivity contribution is 0.352. The number of fused-ring (bicyclic) bond motifs is 1. The summed E-state index contributed by atoms with van der Waals surface area (Å²) < 4.78 is 12.3. The minimum atomic E-state index is -0.550. The van der Waals surface area contributed by atoms with Crippen LogP contribution in [0.15, 0.2) is 41.2 Å². The van der Waals surface area contributed by atoms with Gasteiger partial charge in [0, 0.05) is 11.6 Å². The molecule has 7 nitrogen and oxygen atoms in total. The van der Waals surface area contributed by atoms with Gasteiger partial charge in [-0.1, -0.05) is 11.6 Å². The second-order valence-electron chi connectivity index (χ2n) is 6.85. The van der Waals surface area contributed by atoms with Crippen LogP contribution in [-0.2, 0) is 6.42 Å². The van der Waals surface area contributed by atoms with E-state index in [-0.39, 0.29) is 16.2 Å². The van der Waals surface area contributed by atoms with Crippen LogP contribution >= 0.6 is 23.8 Å². The quantitative estimate of drug-likeness (QED) is 0.533. The molecule has 3 N–H and O–H groups in total. The Hall–Kier alpha value is -2.81. The van der Waals surface area contributed by atoms with Crippen LogP contribution in [0, 0.1) is 4.77 Å². The van der Waals surface area contributed by atoms with Crippen molar-refractivity contribution in [3.05, 3.63) is 73.2 Å². The molecular formula is C21H20ClN3O4S. The summed E-state index contributed by atoms with van der Waals surface area (Å²) in [7, 11) is 3.14. The third kappa shape index (κ3) is 3.47. The third-order valence-corrected chi connectivity index (χ3v) is 5.73. The second-order valence-corrected chi connectivity index (χ2v) is 7.67. The van der Waals surface area contributed by atoms with E-state index in [1.165, 1.54) is 4.57 Å². The summed E-state index contributed by atoms with van der Waals surface area (Å²) in [5.74, 6) is 0.935. The number of aromatic amines is 1. The summed E-state index contributed by atoms with van der Waals surface area (Å²) in [5.41, 5.74) is 2.15. The van der Waals surface area contributed by atoms with Gasteiger partial charge in [0.25, 0.3) is 5.56 Å². The fraction of sp³-hybridized carbons (Fsp3) is 0.238. The van der Waals surface area contributed by atoms with Crippen LogP contribution in [-0.4, -0.2) is 35.4 Å². The molecule has 0 aliphatic carbocycles. The summed E-state index contributed by atoms with van der Waals surface area (Å²) in [4.78, 5) is 15.5. The number of H-pyrrole nitrogens is 1. The molecule has 1 aliphatic rings. The van der Waals surface area contributed by atoms with Gasteiger partial charge in [-0.2, -0.15) is 0 Å². The number of ether oxygens (including phenoxy) is 2. The number of aromatic nitrogens is 2. The van der Waals surface area contributed by atoms with Gasteiger partial charge in [-0.15, -0.1) is 0 Å². The molecule has 3 aromatic rings. The van der Waals surface area contributed by atoms with Crippen molar-refractivity contribution < 1.29 is 14.6 Å². The number of nitrogens with one attached hydrogen (secondary N) is 2. The standard InChI is InChI=1S/C21H20ClN3O4S/c1-28-15-9-11-7-8-23-18(14(11)10-16(15)29-2)17-19(26)24-21(30)25(20(17)27)13-5-3-12(22)4-6-13/h3-6,9-10,18,23,27H,7-8H2,1-2H3,(H,24,26,30)/t18-/m1/s1. The Kier molecular flexibility index (Phi) is 5.55. The highest BCUT2D eigenvalue weighted by atomic mass is 35.5. The van der Waals surface area contributed by atoms with Gasteiger partial charge in [0.15, 0.2) is 16.3 Å². The fourth-order valence-electron chi connectivity index (χ4n) is 3.77. The van der Waals surface area contributed by atoms with Crippen LogP contribution < -0.4 is 20.3 Å². The first-order valence-corrected chi connectivity index (χ1v) is 10.1. The number of hydrogen-bond acceptors (Lipinski definition) is 6. The number of hydrogen-bond donors (Lipinski definition) is 3. The van der Waals surface area contributed by atoms with Gasteiger partial charge < -0.3 is 19.9 Å². The average molecular weight is 446 g/mol. The van der Waals surface area contributed by atoms with Gasteiger partial charge in [-0.3, -0.25) is 14.3 Å². The molecule has 4 rings (SSSR count). The molecule has 0 amide bonds. The zero-order valence-electron chi connectivity index (χ0n) is 16.4. The lowest BCUT2D eigenvalue weighted by Crippen LogP contribution is -2.35. The van der Waals surface area contributed by atoms with Crippen molar-refractivity contribution >= 4 is 23.8 Å². The van der Waals surface area contributed by atoms with E-state index in [1.54, 1.807) is 38.5 Å². The third-order valence-electron chi connectivity index (χ3n) is 5.19. The molecule has 1 aromatic heterocycles. The maximum Gasteiger partial charge on any atom is 0.260 e. The molecule has 2 heterocycles. The van der Waals surface area contributed by atoms with E-state index in [4.69, 9.17) is 33.3 Å². The number of rotatable bonds is 4. The van der Waals surface area contributed by atoms with Gasteiger partial charge in [0.05, 0.1) is 31.5 Å². The number of halogens is 1. The predicted molar refractivity (Wildman–Crippen MR) is 117 cm³/mol. The number of benzene rings is 2. The van der Waals surface area contributed by atoms with Crippen molar-refractivity contribution in [2.75, 3.05) is 20.8 Å². The van der Waals surface area contributed by atoms with Crippen molar-refractivity contribution in [2.24, 2.45) is 0 Å². The lowest BCUT2D eigenvalue weighted by Gasteiger charge is -2.29. The van der Waals surface area contributed by atoms with Crippen molar-refractivity contribution in [1.29, 1.82) is 0 Å². The van der Waals surface area contributed by atoms with Crippen molar-refractivity contribution in [3.8, 4) is 23.1 Å². The Morgan fingerprint density at radius 3 is 2.50 bits per heavy atom. The predicted octanol–water partition coefficient (Wildman–Crippen LogP) is 3.51. The van der Waals surface area contributed by atoms with Gasteiger partial charge >= 0.3 is 0 Å². The monoisotopic (exact) mass is 445 g/mol. The molecule has 9 heteroatoms. The fourth-order valence-corrected chi connectivity index (χ4v) is 4.18. The second kappa shape index (κ2) is 8.14. The normalized spacial score (nSPS) is 15.5. The molecule has 0 radical (unpaired) electrons. The number of nitrogens with zero attached hydrogens (tertiary/aromatic N) is 1. The summed E-state index contributed by atoms with van der Waals surface area (Å²) in [6, 6.07) is 10.0. The Morgan fingerprint density at radius 1 is 1.17 bits per heavy atom. The van der Waals surface area contributed by atoms with E-state index in [2.05, 4.69) is 10.3 Å². The molecule has 30 heavy (non-hydrogen) atoms. The van der Waals surface area contributed by atoms with E-state index in [1.807, 2.05) is 12.1 Å². The van der Waals surface area contributed by atoms with E-state index in [0.29, 0.717) is 28.8 Å². The summed E-state index contributed by atoms with van der Waals surface area (Å²) in [5, 5.41) is 15.0. The average Bonchev–Trinajstić information content (AvgIpc) is 2.73. The highest BCUT2D eigenvalue weighted by molar-refractivity contribution is 7.71. The molecule has 2 aromatic carbocycles. The molecule has 0 unspecified atom stereocenters. The van der Waals surface area contributed by atoms with Gasteiger partial charge in [0.1, 0.15) is 0 Å². The number of methoxy groups -OCH3 is 2. The molecule has 0 spiro atoms. The van der Waals surface area contributed by atoms with Crippen molar-refractivity contribution in [3.63, 3.8) is 0 Å². The molecule has 0 bridgehead atoms. The molecule has 0 saturated heterocycles. The highest BCUT2D eigenvalue weighted by Gasteiger charge is 2.29. The van der Waals surface area contributed by atoms with E-state index >= 15 is 0 Å². The van der Waals surface area contributed by atoms with Crippen LogP contribution in [0.5, 0.6) is 17.4 Å². The molecular weight excluding hydrogens is 426 g/mol. The largest absolute Gasteiger partial charge is 0.494 e. The van der Waals surface area contributed by atoms with Crippen LogP contribution in [0.2, 0.25) is 5.02 Å². The molecule has 0 saturated carbocycles. The first kappa shape index (κ1) is 20.5. The van der Waals surface area contributed by atoms with Gasteiger partial charge in [-0.25, -0.2) is 0 Å². The van der Waals surface area contributed by atoms with Crippen LogP contribution in [0.25, 0.3) is 5.69 Å². The summed E-state index contributed by atoms with van der Waals surface area (Å²) in [6.07, 6.45) is 0.751. The van der Waals surface area contributed by atoms with E-state index in [0.717, 1.165) is 17.5 Å². The maximum absolute atomic E-state index is 12.9. The van der Waals surface area contributed by atoms with E-state index in [9.17, 15) is 9.90 Å². The Labute approximate surface area is 182 Å². The van der Waals surface area contributed by atoms with Crippen LogP contribution in [0.3, 0.4) is 0 Å². The SMILES string of the molecule is COc1cc2c(cc1OC)[C@H](c1c(O)n(-c3ccc(Cl)cc3)c(=S)[nH]c1=O)NCC2. The topological polar surface area (TPSA) is 88.5 Å². The lowest BCUT2D eigenvalue weighted by atomic mass is 9.90. The first-order valence-electron chi connectivity index (χ1n) is 9.27. The summed E-state index contributed by atoms with van der Waals surface area (Å²) >= 11 is 11.3. The van der Waals surface area contributed by atoms with E-state index < -0.39 is 11.6 Å². The Balaban J connectivity index is 1.93. The first-order chi connectivity index (χ1) is 14.4. The Morgan fingerprint density at radius 2 is 1.83 bits per heavy atom. The smallest absolute Gasteiger partial charge is 0.260 e. The minimum absolute atomic E-state index is 0.0897. The summed E-state index contributed by atoms with van der Waals surface area (Å²) in [6.45, 7) is 0.628. The van der Waals surface area contributed by atoms with Crippen molar-refractivity contribution in [1.82, 2.24) is 14.9 Å². The maximum atomic E-state index is 12.9. The van der Waals surface area contributed by atoms with Crippen LogP contribution in [0.1, 0.15) is 22.7 Å². The Bertz CT molecular complexity index is 1220. The van der Waals surface area contributed by atoms with Gasteiger partial charge in [-0.05, 0) is 66.2 Å². The zero-order valence-corrected chi connectivity index (χ0v) is 17.9.